The molecule has 0 bridgehead atoms. The number of hydrogen-bond acceptors (Lipinski definition) is 3. The van der Waals surface area contributed by atoms with E-state index in [1.54, 1.807) is 0 Å². The van der Waals surface area contributed by atoms with Gasteiger partial charge in [-0.25, -0.2) is 9.18 Å². The number of benzene rings is 1. The molecule has 3 N–H and O–H groups in total. The lowest BCUT2D eigenvalue weighted by Crippen LogP contribution is -2.48. The standard InChI is InChI=1S/C15H17FN2O4/c1-8-2-3-10(13(17)19)7-18(8)14(20)11-5-4-9(15(21)22)6-12(11)16/h4-6,8,10H,2-3,7H2,1H3,(H2,17,19)(H,21,22). The van der Waals surface area contributed by atoms with Gasteiger partial charge in [-0.3, -0.25) is 9.59 Å². The summed E-state index contributed by atoms with van der Waals surface area (Å²) in [6.07, 6.45) is 1.20. The van der Waals surface area contributed by atoms with E-state index in [1.165, 1.54) is 11.0 Å². The number of likely N-dealkylation sites (tertiary alicyclic amines) is 1. The lowest BCUT2D eigenvalue weighted by molar-refractivity contribution is -0.123. The second-order valence-corrected chi connectivity index (χ2v) is 5.48. The lowest BCUT2D eigenvalue weighted by Gasteiger charge is -2.37. The highest BCUT2D eigenvalue weighted by Crippen LogP contribution is 2.24. The molecule has 1 fully saturated rings. The molecule has 0 aromatic heterocycles. The van der Waals surface area contributed by atoms with Gasteiger partial charge in [0.05, 0.1) is 17.0 Å². The molecule has 1 saturated heterocycles. The van der Waals surface area contributed by atoms with Crippen molar-refractivity contribution in [1.82, 2.24) is 4.90 Å². The van der Waals surface area contributed by atoms with E-state index in [4.69, 9.17) is 10.8 Å². The van der Waals surface area contributed by atoms with Gasteiger partial charge >= 0.3 is 5.97 Å². The third-order valence-electron chi connectivity index (χ3n) is 3.99. The Hall–Kier alpha value is -2.44. The molecule has 1 aromatic rings. The first-order valence-electron chi connectivity index (χ1n) is 6.94. The Morgan fingerprint density at radius 2 is 2.00 bits per heavy atom. The molecule has 2 unspecified atom stereocenters. The van der Waals surface area contributed by atoms with Crippen molar-refractivity contribution in [2.75, 3.05) is 6.54 Å². The second-order valence-electron chi connectivity index (χ2n) is 5.48. The highest BCUT2D eigenvalue weighted by molar-refractivity contribution is 5.96. The summed E-state index contributed by atoms with van der Waals surface area (Å²) in [6, 6.07) is 3.01. The zero-order valence-corrected chi connectivity index (χ0v) is 12.1. The van der Waals surface area contributed by atoms with Crippen LogP contribution in [0.1, 0.15) is 40.5 Å². The van der Waals surface area contributed by atoms with Crippen LogP contribution in [-0.4, -0.2) is 40.4 Å². The number of halogens is 1. The maximum atomic E-state index is 14.0. The maximum absolute atomic E-state index is 14.0. The number of hydrogen-bond donors (Lipinski definition) is 2. The fourth-order valence-electron chi connectivity index (χ4n) is 2.60. The fraction of sp³-hybridized carbons (Fsp3) is 0.400. The van der Waals surface area contributed by atoms with Gasteiger partial charge in [0.1, 0.15) is 5.82 Å². The summed E-state index contributed by atoms with van der Waals surface area (Å²) in [5, 5.41) is 8.81. The molecule has 1 heterocycles. The minimum Gasteiger partial charge on any atom is -0.478 e. The molecule has 7 heteroatoms. The number of carboxylic acids is 1. The normalized spacial score (nSPS) is 21.5. The topological polar surface area (TPSA) is 101 Å². The molecule has 22 heavy (non-hydrogen) atoms. The van der Waals surface area contributed by atoms with Gasteiger partial charge in [0, 0.05) is 12.6 Å². The zero-order valence-electron chi connectivity index (χ0n) is 12.1. The van der Waals surface area contributed by atoms with Crippen molar-refractivity contribution in [3.8, 4) is 0 Å². The van der Waals surface area contributed by atoms with Gasteiger partial charge in [0.2, 0.25) is 5.91 Å². The monoisotopic (exact) mass is 308 g/mol. The number of carbonyl (C=O) groups excluding carboxylic acids is 2. The SMILES string of the molecule is CC1CCC(C(N)=O)CN1C(=O)c1ccc(C(=O)O)cc1F. The molecule has 0 saturated carbocycles. The number of carboxylic acid groups (broad SMARTS) is 1. The van der Waals surface area contributed by atoms with Crippen LogP contribution < -0.4 is 5.73 Å². The van der Waals surface area contributed by atoms with Crippen molar-refractivity contribution in [1.29, 1.82) is 0 Å². The van der Waals surface area contributed by atoms with Gasteiger partial charge in [0.15, 0.2) is 0 Å². The predicted octanol–water partition coefficient (Wildman–Crippen LogP) is 1.25. The van der Waals surface area contributed by atoms with E-state index < -0.39 is 29.5 Å². The summed E-state index contributed by atoms with van der Waals surface area (Å²) in [4.78, 5) is 36.0. The first-order chi connectivity index (χ1) is 10.3. The molecular weight excluding hydrogens is 291 g/mol. The van der Waals surface area contributed by atoms with Crippen LogP contribution in [0.5, 0.6) is 0 Å². The van der Waals surface area contributed by atoms with Crippen molar-refractivity contribution in [3.05, 3.63) is 35.1 Å². The molecule has 0 spiro atoms. The molecule has 1 aliphatic heterocycles. The van der Waals surface area contributed by atoms with Gasteiger partial charge in [-0.1, -0.05) is 0 Å². The van der Waals surface area contributed by atoms with Crippen LogP contribution in [0, 0.1) is 11.7 Å². The Morgan fingerprint density at radius 1 is 1.32 bits per heavy atom. The molecule has 118 valence electrons. The van der Waals surface area contributed by atoms with Gasteiger partial charge < -0.3 is 15.7 Å². The third-order valence-corrected chi connectivity index (χ3v) is 3.99. The smallest absolute Gasteiger partial charge is 0.335 e. The van der Waals surface area contributed by atoms with Crippen LogP contribution in [0.15, 0.2) is 18.2 Å². The Morgan fingerprint density at radius 3 is 2.55 bits per heavy atom. The predicted molar refractivity (Wildman–Crippen MR) is 75.8 cm³/mol. The van der Waals surface area contributed by atoms with E-state index in [2.05, 4.69) is 0 Å². The molecule has 1 aromatic carbocycles. The number of aromatic carboxylic acids is 1. The number of piperidine rings is 1. The zero-order chi connectivity index (χ0) is 16.4. The lowest BCUT2D eigenvalue weighted by atomic mass is 9.92. The minimum atomic E-state index is -1.27. The van der Waals surface area contributed by atoms with E-state index in [9.17, 15) is 18.8 Å². The number of carbonyl (C=O) groups is 3. The van der Waals surface area contributed by atoms with Crippen molar-refractivity contribution in [3.63, 3.8) is 0 Å². The number of nitrogens with zero attached hydrogens (tertiary/aromatic N) is 1. The Balaban J connectivity index is 2.26. The van der Waals surface area contributed by atoms with E-state index in [-0.39, 0.29) is 23.7 Å². The molecule has 2 atom stereocenters. The van der Waals surface area contributed by atoms with Gasteiger partial charge in [-0.2, -0.15) is 0 Å². The fourth-order valence-corrected chi connectivity index (χ4v) is 2.60. The van der Waals surface area contributed by atoms with Crippen LogP contribution in [0.4, 0.5) is 4.39 Å². The van der Waals surface area contributed by atoms with E-state index >= 15 is 0 Å². The maximum Gasteiger partial charge on any atom is 0.335 e. The number of rotatable bonds is 3. The molecule has 0 aliphatic carbocycles. The van der Waals surface area contributed by atoms with Crippen molar-refractivity contribution in [2.45, 2.75) is 25.8 Å². The van der Waals surface area contributed by atoms with Crippen LogP contribution in [0.3, 0.4) is 0 Å². The molecule has 1 aliphatic rings. The highest BCUT2D eigenvalue weighted by Gasteiger charge is 2.33. The highest BCUT2D eigenvalue weighted by atomic mass is 19.1. The largest absolute Gasteiger partial charge is 0.478 e. The van der Waals surface area contributed by atoms with Crippen molar-refractivity contribution < 1.29 is 23.9 Å². The van der Waals surface area contributed by atoms with Crippen LogP contribution in [0.25, 0.3) is 0 Å². The average molecular weight is 308 g/mol. The minimum absolute atomic E-state index is 0.137. The van der Waals surface area contributed by atoms with Crippen LogP contribution in [-0.2, 0) is 4.79 Å². The quantitative estimate of drug-likeness (QED) is 0.877. The molecule has 2 amide bonds. The molecular formula is C15H17FN2O4. The summed E-state index contributed by atoms with van der Waals surface area (Å²) < 4.78 is 14.0. The van der Waals surface area contributed by atoms with Crippen molar-refractivity contribution in [2.24, 2.45) is 11.7 Å². The first kappa shape index (κ1) is 15.9. The van der Waals surface area contributed by atoms with E-state index in [1.807, 2.05) is 6.92 Å². The van der Waals surface area contributed by atoms with Crippen LogP contribution in [0.2, 0.25) is 0 Å². The Kier molecular flexibility index (Phi) is 4.44. The number of amides is 2. The van der Waals surface area contributed by atoms with Gasteiger partial charge in [0.25, 0.3) is 5.91 Å². The second kappa shape index (κ2) is 6.13. The summed E-state index contributed by atoms with van der Waals surface area (Å²) in [6.45, 7) is 1.97. The molecule has 0 radical (unpaired) electrons. The van der Waals surface area contributed by atoms with E-state index in [0.29, 0.717) is 12.8 Å². The van der Waals surface area contributed by atoms with Gasteiger partial charge in [-0.05, 0) is 38.0 Å². The van der Waals surface area contributed by atoms with E-state index in [0.717, 1.165) is 12.1 Å². The average Bonchev–Trinajstić information content (AvgIpc) is 2.46. The number of nitrogens with two attached hydrogens (primary N) is 1. The Labute approximate surface area is 126 Å². The first-order valence-corrected chi connectivity index (χ1v) is 6.94. The van der Waals surface area contributed by atoms with Crippen LogP contribution >= 0.6 is 0 Å². The summed E-state index contributed by atoms with van der Waals surface area (Å²) in [5.41, 5.74) is 4.85. The number of primary amides is 1. The molecule has 2 rings (SSSR count). The van der Waals surface area contributed by atoms with Crippen molar-refractivity contribution >= 4 is 17.8 Å². The summed E-state index contributed by atoms with van der Waals surface area (Å²) in [7, 11) is 0. The summed E-state index contributed by atoms with van der Waals surface area (Å²) >= 11 is 0. The van der Waals surface area contributed by atoms with Gasteiger partial charge in [-0.15, -0.1) is 0 Å². The Bertz CT molecular complexity index is 632. The third kappa shape index (κ3) is 3.08. The molecule has 6 nitrogen and oxygen atoms in total. The summed E-state index contributed by atoms with van der Waals surface area (Å²) in [5.74, 6) is -3.64.